The zero-order valence-electron chi connectivity index (χ0n) is 15.6. The van der Waals surface area contributed by atoms with Crippen LogP contribution in [0.15, 0.2) is 48.5 Å². The van der Waals surface area contributed by atoms with Gasteiger partial charge in [0.05, 0.1) is 0 Å². The lowest BCUT2D eigenvalue weighted by Gasteiger charge is -2.31. The summed E-state index contributed by atoms with van der Waals surface area (Å²) in [5.74, 6) is 0.113. The predicted molar refractivity (Wildman–Crippen MR) is 109 cm³/mol. The summed E-state index contributed by atoms with van der Waals surface area (Å²) in [6.45, 7) is 3.22. The van der Waals surface area contributed by atoms with E-state index in [0.717, 1.165) is 17.7 Å². The van der Waals surface area contributed by atoms with Crippen molar-refractivity contribution in [1.29, 1.82) is 0 Å². The molecule has 0 atom stereocenters. The minimum absolute atomic E-state index is 0.0109. The maximum Gasteiger partial charge on any atom is 0.227 e. The maximum atomic E-state index is 12.6. The number of aryl methyl sites for hydroxylation is 2. The van der Waals surface area contributed by atoms with Crippen molar-refractivity contribution in [2.24, 2.45) is 5.92 Å². The topological polar surface area (TPSA) is 49.4 Å². The summed E-state index contributed by atoms with van der Waals surface area (Å²) < 4.78 is 0. The monoisotopic (exact) mass is 384 g/mol. The van der Waals surface area contributed by atoms with Crippen LogP contribution in [0.4, 0.5) is 5.69 Å². The summed E-state index contributed by atoms with van der Waals surface area (Å²) in [5.41, 5.74) is 2.92. The SMILES string of the molecule is Cc1ccc(Cl)cc1NC(=O)C1CCN(C(=O)CCc2ccccc2)CC1. The molecule has 1 aliphatic heterocycles. The van der Waals surface area contributed by atoms with E-state index in [1.54, 1.807) is 6.07 Å². The van der Waals surface area contributed by atoms with Crippen molar-refractivity contribution in [3.8, 4) is 0 Å². The fourth-order valence-electron chi connectivity index (χ4n) is 3.41. The number of anilines is 1. The molecule has 0 saturated carbocycles. The Morgan fingerprint density at radius 1 is 1.11 bits per heavy atom. The fourth-order valence-corrected chi connectivity index (χ4v) is 3.58. The van der Waals surface area contributed by atoms with Gasteiger partial charge in [-0.2, -0.15) is 0 Å². The number of rotatable bonds is 5. The van der Waals surface area contributed by atoms with Gasteiger partial charge in [-0.1, -0.05) is 48.0 Å². The van der Waals surface area contributed by atoms with Gasteiger partial charge < -0.3 is 10.2 Å². The van der Waals surface area contributed by atoms with Crippen LogP contribution in [0.25, 0.3) is 0 Å². The highest BCUT2D eigenvalue weighted by molar-refractivity contribution is 6.31. The van der Waals surface area contributed by atoms with Crippen molar-refractivity contribution in [2.45, 2.75) is 32.6 Å². The molecule has 1 heterocycles. The second-order valence-electron chi connectivity index (χ2n) is 7.09. The molecule has 5 heteroatoms. The highest BCUT2D eigenvalue weighted by Gasteiger charge is 2.27. The predicted octanol–water partition coefficient (Wildman–Crippen LogP) is 4.46. The van der Waals surface area contributed by atoms with Gasteiger partial charge in [-0.05, 0) is 49.4 Å². The van der Waals surface area contributed by atoms with Gasteiger partial charge in [0.2, 0.25) is 11.8 Å². The number of hydrogen-bond donors (Lipinski definition) is 1. The molecular formula is C22H25ClN2O2. The normalized spacial score (nSPS) is 14.8. The zero-order chi connectivity index (χ0) is 19.2. The second kappa shape index (κ2) is 9.05. The van der Waals surface area contributed by atoms with Crippen molar-refractivity contribution in [1.82, 2.24) is 4.90 Å². The van der Waals surface area contributed by atoms with Gasteiger partial charge in [0.15, 0.2) is 0 Å². The summed E-state index contributed by atoms with van der Waals surface area (Å²) in [5, 5.41) is 3.59. The van der Waals surface area contributed by atoms with E-state index < -0.39 is 0 Å². The number of benzene rings is 2. The number of nitrogens with zero attached hydrogens (tertiary/aromatic N) is 1. The molecule has 0 bridgehead atoms. The van der Waals surface area contributed by atoms with Crippen molar-refractivity contribution < 1.29 is 9.59 Å². The lowest BCUT2D eigenvalue weighted by atomic mass is 9.95. The number of hydrogen-bond acceptors (Lipinski definition) is 2. The quantitative estimate of drug-likeness (QED) is 0.827. The first-order chi connectivity index (χ1) is 13.0. The van der Waals surface area contributed by atoms with E-state index in [1.165, 1.54) is 5.56 Å². The van der Waals surface area contributed by atoms with Gasteiger partial charge in [-0.3, -0.25) is 9.59 Å². The van der Waals surface area contributed by atoms with Crippen LogP contribution in [0, 0.1) is 12.8 Å². The summed E-state index contributed by atoms with van der Waals surface area (Å²) in [4.78, 5) is 26.9. The highest BCUT2D eigenvalue weighted by Crippen LogP contribution is 2.24. The Bertz CT molecular complexity index is 799. The van der Waals surface area contributed by atoms with Gasteiger partial charge in [0.25, 0.3) is 0 Å². The van der Waals surface area contributed by atoms with Crippen LogP contribution in [0.5, 0.6) is 0 Å². The van der Waals surface area contributed by atoms with Crippen LogP contribution in [-0.4, -0.2) is 29.8 Å². The molecule has 2 aromatic rings. The van der Waals surface area contributed by atoms with Crippen LogP contribution in [0.2, 0.25) is 5.02 Å². The molecule has 1 fully saturated rings. The Hall–Kier alpha value is -2.33. The third-order valence-electron chi connectivity index (χ3n) is 5.15. The van der Waals surface area contributed by atoms with Crippen LogP contribution in [0.3, 0.4) is 0 Å². The van der Waals surface area contributed by atoms with E-state index in [1.807, 2.05) is 54.3 Å². The number of carbonyl (C=O) groups excluding carboxylic acids is 2. The molecule has 27 heavy (non-hydrogen) atoms. The minimum Gasteiger partial charge on any atom is -0.343 e. The Labute approximate surface area is 165 Å². The van der Waals surface area contributed by atoms with Gasteiger partial charge in [-0.25, -0.2) is 0 Å². The number of piperidine rings is 1. The molecule has 2 amide bonds. The molecule has 0 aromatic heterocycles. The molecule has 2 aromatic carbocycles. The first kappa shape index (κ1) is 19.4. The van der Waals surface area contributed by atoms with Crippen molar-refractivity contribution in [3.05, 3.63) is 64.7 Å². The summed E-state index contributed by atoms with van der Waals surface area (Å²) in [6, 6.07) is 15.5. The molecule has 0 radical (unpaired) electrons. The van der Waals surface area contributed by atoms with Crippen LogP contribution >= 0.6 is 11.6 Å². The fraction of sp³-hybridized carbons (Fsp3) is 0.364. The molecular weight excluding hydrogens is 360 g/mol. The molecule has 142 valence electrons. The average Bonchev–Trinajstić information content (AvgIpc) is 2.70. The smallest absolute Gasteiger partial charge is 0.227 e. The first-order valence-electron chi connectivity index (χ1n) is 9.41. The molecule has 4 nitrogen and oxygen atoms in total. The largest absolute Gasteiger partial charge is 0.343 e. The number of halogens is 1. The molecule has 3 rings (SSSR count). The Morgan fingerprint density at radius 2 is 1.81 bits per heavy atom. The molecule has 1 aliphatic rings. The van der Waals surface area contributed by atoms with Crippen molar-refractivity contribution >= 4 is 29.1 Å². The lowest BCUT2D eigenvalue weighted by molar-refractivity contribution is -0.134. The molecule has 0 aliphatic carbocycles. The third kappa shape index (κ3) is 5.33. The van der Waals surface area contributed by atoms with Gasteiger partial charge in [-0.15, -0.1) is 0 Å². The van der Waals surface area contributed by atoms with Crippen LogP contribution in [-0.2, 0) is 16.0 Å². The van der Waals surface area contributed by atoms with E-state index in [4.69, 9.17) is 11.6 Å². The van der Waals surface area contributed by atoms with Crippen molar-refractivity contribution in [2.75, 3.05) is 18.4 Å². The van der Waals surface area contributed by atoms with Crippen LogP contribution < -0.4 is 5.32 Å². The molecule has 0 spiro atoms. The third-order valence-corrected chi connectivity index (χ3v) is 5.38. The molecule has 0 unspecified atom stereocenters. The molecule has 1 N–H and O–H groups in total. The second-order valence-corrected chi connectivity index (χ2v) is 7.53. The summed E-state index contributed by atoms with van der Waals surface area (Å²) in [6.07, 6.45) is 2.67. The van der Waals surface area contributed by atoms with E-state index in [9.17, 15) is 9.59 Å². The Kier molecular flexibility index (Phi) is 6.51. The summed E-state index contributed by atoms with van der Waals surface area (Å²) >= 11 is 6.02. The van der Waals surface area contributed by atoms with E-state index in [-0.39, 0.29) is 17.7 Å². The van der Waals surface area contributed by atoms with Gasteiger partial charge in [0, 0.05) is 36.1 Å². The average molecular weight is 385 g/mol. The summed E-state index contributed by atoms with van der Waals surface area (Å²) in [7, 11) is 0. The number of amides is 2. The minimum atomic E-state index is -0.0680. The number of nitrogens with one attached hydrogen (secondary N) is 1. The van der Waals surface area contributed by atoms with E-state index in [0.29, 0.717) is 37.4 Å². The number of likely N-dealkylation sites (tertiary alicyclic amines) is 1. The Balaban J connectivity index is 1.47. The molecule has 1 saturated heterocycles. The van der Waals surface area contributed by atoms with E-state index in [2.05, 4.69) is 5.32 Å². The van der Waals surface area contributed by atoms with Gasteiger partial charge in [0.1, 0.15) is 0 Å². The maximum absolute atomic E-state index is 12.6. The first-order valence-corrected chi connectivity index (χ1v) is 9.79. The van der Waals surface area contributed by atoms with Crippen LogP contribution in [0.1, 0.15) is 30.4 Å². The standard InChI is InChI=1S/C22H25ClN2O2/c1-16-7-9-19(23)15-20(16)24-22(27)18-11-13-25(14-12-18)21(26)10-8-17-5-3-2-4-6-17/h2-7,9,15,18H,8,10-14H2,1H3,(H,24,27). The van der Waals surface area contributed by atoms with Crippen molar-refractivity contribution in [3.63, 3.8) is 0 Å². The zero-order valence-corrected chi connectivity index (χ0v) is 16.3. The van der Waals surface area contributed by atoms with Gasteiger partial charge >= 0.3 is 0 Å². The van der Waals surface area contributed by atoms with E-state index >= 15 is 0 Å². The Morgan fingerprint density at radius 3 is 2.52 bits per heavy atom. The lowest BCUT2D eigenvalue weighted by Crippen LogP contribution is -2.41. The highest BCUT2D eigenvalue weighted by atomic mass is 35.5. The number of carbonyl (C=O) groups is 2.